The maximum atomic E-state index is 11.8. The predicted molar refractivity (Wildman–Crippen MR) is 88.7 cm³/mol. The fourth-order valence-corrected chi connectivity index (χ4v) is 2.94. The largest absolute Gasteiger partial charge is 0.459 e. The highest BCUT2D eigenvalue weighted by Crippen LogP contribution is 2.29. The lowest BCUT2D eigenvalue weighted by atomic mass is 10.3. The summed E-state index contributed by atoms with van der Waals surface area (Å²) in [6.07, 6.45) is 1.38. The van der Waals surface area contributed by atoms with Crippen molar-refractivity contribution in [2.24, 2.45) is 0 Å². The lowest BCUT2D eigenvalue weighted by Gasteiger charge is -2.04. The summed E-state index contributed by atoms with van der Waals surface area (Å²) in [5, 5.41) is 16.5. The number of thiazole rings is 1. The second kappa shape index (κ2) is 6.10. The van der Waals surface area contributed by atoms with Crippen molar-refractivity contribution in [1.29, 1.82) is 0 Å². The predicted octanol–water partition coefficient (Wildman–Crippen LogP) is 2.92. The molecule has 1 aromatic carbocycles. The molecule has 3 rings (SSSR count). The number of thiocarbonyl (C=S) groups is 1. The minimum absolute atomic E-state index is 0.0126. The number of nitrogens with one attached hydrogen (secondary N) is 2. The topological polar surface area (TPSA) is 110 Å². The van der Waals surface area contributed by atoms with Gasteiger partial charge in [0.05, 0.1) is 21.4 Å². The van der Waals surface area contributed by atoms with E-state index in [9.17, 15) is 14.9 Å². The van der Waals surface area contributed by atoms with Crippen LogP contribution < -0.4 is 10.6 Å². The summed E-state index contributed by atoms with van der Waals surface area (Å²) in [4.78, 5) is 26.3. The van der Waals surface area contributed by atoms with E-state index in [0.717, 1.165) is 0 Å². The molecule has 0 bridgehead atoms. The highest BCUT2D eigenvalue weighted by molar-refractivity contribution is 7.80. The Morgan fingerprint density at radius 2 is 2.22 bits per heavy atom. The zero-order valence-corrected chi connectivity index (χ0v) is 12.9. The van der Waals surface area contributed by atoms with Gasteiger partial charge in [-0.05, 0) is 30.4 Å². The van der Waals surface area contributed by atoms with Crippen LogP contribution in [0.2, 0.25) is 0 Å². The van der Waals surface area contributed by atoms with Gasteiger partial charge in [0.2, 0.25) is 0 Å². The van der Waals surface area contributed by atoms with Crippen LogP contribution in [0.15, 0.2) is 41.0 Å². The summed E-state index contributed by atoms with van der Waals surface area (Å²) in [7, 11) is 0. The standard InChI is InChI=1S/C13H8N4O4S2/c18-11(9-2-1-5-21-9)15-12(22)16-13-14-8-4-3-7(17(19)20)6-10(8)23-13/h1-6H,(H2,14,15,16,18,22). The summed E-state index contributed by atoms with van der Waals surface area (Å²) in [5.74, 6) is -0.349. The normalized spacial score (nSPS) is 10.4. The van der Waals surface area contributed by atoms with E-state index in [2.05, 4.69) is 15.6 Å². The number of non-ortho nitro benzene ring substituents is 1. The van der Waals surface area contributed by atoms with Crippen molar-refractivity contribution in [1.82, 2.24) is 10.3 Å². The van der Waals surface area contributed by atoms with Gasteiger partial charge in [0.1, 0.15) is 0 Å². The minimum Gasteiger partial charge on any atom is -0.459 e. The number of benzene rings is 1. The van der Waals surface area contributed by atoms with E-state index in [1.165, 1.54) is 35.8 Å². The third-order valence-corrected chi connectivity index (χ3v) is 3.91. The molecule has 0 spiro atoms. The minimum atomic E-state index is -0.482. The van der Waals surface area contributed by atoms with Gasteiger partial charge in [0.25, 0.3) is 11.6 Å². The third-order valence-electron chi connectivity index (χ3n) is 2.78. The zero-order valence-electron chi connectivity index (χ0n) is 11.3. The molecule has 116 valence electrons. The number of rotatable bonds is 3. The number of fused-ring (bicyclic) bond motifs is 1. The summed E-state index contributed by atoms with van der Waals surface area (Å²) in [6.45, 7) is 0. The van der Waals surface area contributed by atoms with Gasteiger partial charge in [-0.25, -0.2) is 4.98 Å². The van der Waals surface area contributed by atoms with Gasteiger partial charge in [-0.3, -0.25) is 20.2 Å². The Morgan fingerprint density at radius 1 is 1.39 bits per heavy atom. The molecular weight excluding hydrogens is 340 g/mol. The van der Waals surface area contributed by atoms with Gasteiger partial charge < -0.3 is 9.73 Å². The smallest absolute Gasteiger partial charge is 0.293 e. The van der Waals surface area contributed by atoms with Gasteiger partial charge in [-0.2, -0.15) is 0 Å². The highest BCUT2D eigenvalue weighted by atomic mass is 32.1. The molecule has 0 unspecified atom stereocenters. The van der Waals surface area contributed by atoms with Crippen LogP contribution in [0.5, 0.6) is 0 Å². The molecule has 2 aromatic heterocycles. The van der Waals surface area contributed by atoms with Gasteiger partial charge in [0.15, 0.2) is 16.0 Å². The summed E-state index contributed by atoms with van der Waals surface area (Å²) >= 11 is 6.22. The van der Waals surface area contributed by atoms with Crippen molar-refractivity contribution in [3.8, 4) is 0 Å². The Hall–Kier alpha value is -2.85. The number of nitrogens with zero attached hydrogens (tertiary/aromatic N) is 2. The molecule has 0 aliphatic rings. The van der Waals surface area contributed by atoms with Crippen molar-refractivity contribution >= 4 is 55.6 Å². The van der Waals surface area contributed by atoms with Crippen LogP contribution in [0.4, 0.5) is 10.8 Å². The van der Waals surface area contributed by atoms with Crippen molar-refractivity contribution in [3.05, 3.63) is 52.5 Å². The summed E-state index contributed by atoms with van der Waals surface area (Å²) in [6, 6.07) is 7.46. The maximum Gasteiger partial charge on any atom is 0.293 e. The molecule has 2 heterocycles. The second-order valence-electron chi connectivity index (χ2n) is 4.31. The van der Waals surface area contributed by atoms with E-state index in [1.807, 2.05) is 0 Å². The number of nitro benzene ring substituents is 1. The van der Waals surface area contributed by atoms with Gasteiger partial charge in [-0.1, -0.05) is 11.3 Å². The maximum absolute atomic E-state index is 11.8. The number of anilines is 1. The average Bonchev–Trinajstić information content (AvgIpc) is 3.15. The molecule has 3 aromatic rings. The van der Waals surface area contributed by atoms with E-state index < -0.39 is 10.8 Å². The van der Waals surface area contributed by atoms with Gasteiger partial charge >= 0.3 is 0 Å². The van der Waals surface area contributed by atoms with Crippen molar-refractivity contribution < 1.29 is 14.1 Å². The van der Waals surface area contributed by atoms with E-state index in [4.69, 9.17) is 16.6 Å². The van der Waals surface area contributed by atoms with E-state index in [0.29, 0.717) is 15.3 Å². The Kier molecular flexibility index (Phi) is 4.00. The molecule has 0 saturated heterocycles. The molecule has 0 radical (unpaired) electrons. The SMILES string of the molecule is O=C(NC(=S)Nc1nc2ccc([N+](=O)[O-])cc2s1)c1ccco1. The van der Waals surface area contributed by atoms with Gasteiger partial charge in [0, 0.05) is 12.1 Å². The average molecular weight is 348 g/mol. The molecule has 0 aliphatic carbocycles. The van der Waals surface area contributed by atoms with Crippen LogP contribution in [-0.4, -0.2) is 20.9 Å². The molecule has 0 saturated carbocycles. The first-order valence-corrected chi connectivity index (χ1v) is 7.46. The van der Waals surface area contributed by atoms with Gasteiger partial charge in [-0.15, -0.1) is 0 Å². The monoisotopic (exact) mass is 348 g/mol. The Morgan fingerprint density at radius 3 is 2.91 bits per heavy atom. The lowest BCUT2D eigenvalue weighted by Crippen LogP contribution is -2.33. The molecule has 1 amide bonds. The first-order chi connectivity index (χ1) is 11.0. The number of carbonyl (C=O) groups excluding carboxylic acids is 1. The van der Waals surface area contributed by atoms with E-state index >= 15 is 0 Å². The molecule has 2 N–H and O–H groups in total. The van der Waals surface area contributed by atoms with Crippen LogP contribution >= 0.6 is 23.6 Å². The van der Waals surface area contributed by atoms with Crippen LogP contribution in [0.3, 0.4) is 0 Å². The number of hydrogen-bond donors (Lipinski definition) is 2. The van der Waals surface area contributed by atoms with Crippen LogP contribution in [0.25, 0.3) is 10.2 Å². The number of aromatic nitrogens is 1. The number of furan rings is 1. The highest BCUT2D eigenvalue weighted by Gasteiger charge is 2.13. The van der Waals surface area contributed by atoms with E-state index in [-0.39, 0.29) is 16.6 Å². The number of amides is 1. The van der Waals surface area contributed by atoms with Crippen molar-refractivity contribution in [2.45, 2.75) is 0 Å². The molecular formula is C13H8N4O4S2. The van der Waals surface area contributed by atoms with Crippen LogP contribution in [-0.2, 0) is 0 Å². The number of nitro groups is 1. The molecule has 8 nitrogen and oxygen atoms in total. The molecule has 10 heteroatoms. The molecule has 0 atom stereocenters. The first-order valence-electron chi connectivity index (χ1n) is 6.24. The molecule has 23 heavy (non-hydrogen) atoms. The number of hydrogen-bond acceptors (Lipinski definition) is 7. The fourth-order valence-electron chi connectivity index (χ4n) is 1.78. The first kappa shape index (κ1) is 15.1. The molecule has 0 aliphatic heterocycles. The van der Waals surface area contributed by atoms with E-state index in [1.54, 1.807) is 12.1 Å². The van der Waals surface area contributed by atoms with Crippen LogP contribution in [0, 0.1) is 10.1 Å². The van der Waals surface area contributed by atoms with Crippen molar-refractivity contribution in [2.75, 3.05) is 5.32 Å². The quantitative estimate of drug-likeness (QED) is 0.425. The molecule has 0 fully saturated rings. The van der Waals surface area contributed by atoms with Crippen molar-refractivity contribution in [3.63, 3.8) is 0 Å². The fraction of sp³-hybridized carbons (Fsp3) is 0. The summed E-state index contributed by atoms with van der Waals surface area (Å²) in [5.41, 5.74) is 0.588. The number of carbonyl (C=O) groups is 1. The zero-order chi connectivity index (χ0) is 16.4. The Bertz CT molecular complexity index is 904. The Labute approximate surface area is 138 Å². The third kappa shape index (κ3) is 3.33. The summed E-state index contributed by atoms with van der Waals surface area (Å²) < 4.78 is 5.59. The Balaban J connectivity index is 1.72. The second-order valence-corrected chi connectivity index (χ2v) is 5.75. The van der Waals surface area contributed by atoms with Crippen LogP contribution in [0.1, 0.15) is 10.6 Å². The lowest BCUT2D eigenvalue weighted by molar-refractivity contribution is -0.384.